The van der Waals surface area contributed by atoms with Crippen molar-refractivity contribution in [3.05, 3.63) is 59.7 Å². The van der Waals surface area contributed by atoms with E-state index < -0.39 is 5.97 Å². The molecule has 0 atom stereocenters. The van der Waals surface area contributed by atoms with E-state index in [-0.39, 0.29) is 18.0 Å². The summed E-state index contributed by atoms with van der Waals surface area (Å²) < 4.78 is 0. The molecule has 0 bridgehead atoms. The summed E-state index contributed by atoms with van der Waals surface area (Å²) in [7, 11) is 0. The predicted molar refractivity (Wildman–Crippen MR) is 71.0 cm³/mol. The number of hydrogen-bond donors (Lipinski definition) is 2. The monoisotopic (exact) mass is 271 g/mol. The van der Waals surface area contributed by atoms with Gasteiger partial charge in [-0.1, -0.05) is 6.07 Å². The highest BCUT2D eigenvalue weighted by Crippen LogP contribution is 2.01. The molecule has 2 heterocycles. The van der Waals surface area contributed by atoms with Crippen molar-refractivity contribution < 1.29 is 14.7 Å². The highest BCUT2D eigenvalue weighted by molar-refractivity contribution is 5.85. The third kappa shape index (κ3) is 3.88. The molecular weight excluding hydrogens is 258 g/mol. The fraction of sp³-hybridized carbons (Fsp3) is 0.143. The van der Waals surface area contributed by atoms with Crippen molar-refractivity contribution in [2.75, 3.05) is 0 Å². The van der Waals surface area contributed by atoms with E-state index in [1.165, 1.54) is 12.3 Å². The van der Waals surface area contributed by atoms with Crippen molar-refractivity contribution in [3.63, 3.8) is 0 Å². The lowest BCUT2D eigenvalue weighted by molar-refractivity contribution is -0.120. The van der Waals surface area contributed by atoms with E-state index in [0.717, 1.165) is 11.1 Å². The largest absolute Gasteiger partial charge is 0.477 e. The van der Waals surface area contributed by atoms with Gasteiger partial charge in [-0.2, -0.15) is 0 Å². The van der Waals surface area contributed by atoms with Crippen LogP contribution in [-0.2, 0) is 17.8 Å². The van der Waals surface area contributed by atoms with Crippen LogP contribution in [0, 0.1) is 0 Å². The number of carboxylic acid groups (broad SMARTS) is 1. The average molecular weight is 271 g/mol. The van der Waals surface area contributed by atoms with Crippen LogP contribution in [0.25, 0.3) is 0 Å². The molecule has 0 saturated heterocycles. The van der Waals surface area contributed by atoms with Gasteiger partial charge in [0.15, 0.2) is 0 Å². The maximum Gasteiger partial charge on any atom is 0.354 e. The van der Waals surface area contributed by atoms with E-state index in [9.17, 15) is 9.59 Å². The number of carboxylic acids is 1. The van der Waals surface area contributed by atoms with Crippen molar-refractivity contribution in [1.82, 2.24) is 15.3 Å². The molecule has 1 amide bonds. The molecule has 6 nitrogen and oxygen atoms in total. The molecule has 0 saturated carbocycles. The SMILES string of the molecule is O=C(Cc1ccncc1)NCc1ccc(C(=O)O)nc1. The Morgan fingerprint density at radius 2 is 1.85 bits per heavy atom. The number of carbonyl (C=O) groups is 2. The van der Waals surface area contributed by atoms with Crippen LogP contribution in [0.2, 0.25) is 0 Å². The Morgan fingerprint density at radius 3 is 2.45 bits per heavy atom. The van der Waals surface area contributed by atoms with Gasteiger partial charge in [-0.25, -0.2) is 9.78 Å². The topological polar surface area (TPSA) is 92.2 Å². The number of carbonyl (C=O) groups excluding carboxylic acids is 1. The number of rotatable bonds is 5. The summed E-state index contributed by atoms with van der Waals surface area (Å²) >= 11 is 0. The van der Waals surface area contributed by atoms with Gasteiger partial charge >= 0.3 is 5.97 Å². The van der Waals surface area contributed by atoms with Crippen molar-refractivity contribution >= 4 is 11.9 Å². The molecular formula is C14H13N3O3. The van der Waals surface area contributed by atoms with Crippen molar-refractivity contribution in [2.45, 2.75) is 13.0 Å². The summed E-state index contributed by atoms with van der Waals surface area (Å²) in [6.07, 6.45) is 4.99. The van der Waals surface area contributed by atoms with Crippen LogP contribution in [0.5, 0.6) is 0 Å². The first-order valence-electron chi connectivity index (χ1n) is 5.99. The maximum absolute atomic E-state index is 11.7. The molecule has 2 aromatic rings. The molecule has 0 unspecified atom stereocenters. The molecule has 0 aliphatic heterocycles. The lowest BCUT2D eigenvalue weighted by Gasteiger charge is -2.05. The zero-order chi connectivity index (χ0) is 14.4. The summed E-state index contributed by atoms with van der Waals surface area (Å²) in [6.45, 7) is 0.316. The van der Waals surface area contributed by atoms with E-state index in [1.54, 1.807) is 30.6 Å². The Morgan fingerprint density at radius 1 is 1.10 bits per heavy atom. The molecule has 0 aliphatic rings. The van der Waals surface area contributed by atoms with Crippen LogP contribution in [0.1, 0.15) is 21.6 Å². The minimum atomic E-state index is -1.07. The molecule has 0 spiro atoms. The van der Waals surface area contributed by atoms with Gasteiger partial charge in [-0.05, 0) is 29.3 Å². The number of aromatic nitrogens is 2. The lowest BCUT2D eigenvalue weighted by atomic mass is 10.2. The Kier molecular flexibility index (Phi) is 4.39. The number of hydrogen-bond acceptors (Lipinski definition) is 4. The van der Waals surface area contributed by atoms with Crippen LogP contribution < -0.4 is 5.32 Å². The molecule has 0 aromatic carbocycles. The first-order chi connectivity index (χ1) is 9.65. The maximum atomic E-state index is 11.7. The third-order valence-corrected chi connectivity index (χ3v) is 2.65. The van der Waals surface area contributed by atoms with Gasteiger partial charge in [0.2, 0.25) is 5.91 Å². The van der Waals surface area contributed by atoms with Crippen molar-refractivity contribution in [1.29, 1.82) is 0 Å². The highest BCUT2D eigenvalue weighted by atomic mass is 16.4. The normalized spacial score (nSPS) is 10.0. The highest BCUT2D eigenvalue weighted by Gasteiger charge is 2.05. The van der Waals surface area contributed by atoms with E-state index in [2.05, 4.69) is 15.3 Å². The fourth-order valence-corrected chi connectivity index (χ4v) is 1.60. The minimum absolute atomic E-state index is 0.0168. The zero-order valence-corrected chi connectivity index (χ0v) is 10.6. The molecule has 0 aliphatic carbocycles. The van der Waals surface area contributed by atoms with Crippen molar-refractivity contribution in [2.24, 2.45) is 0 Å². The van der Waals surface area contributed by atoms with Crippen LogP contribution in [0.15, 0.2) is 42.9 Å². The Hall–Kier alpha value is -2.76. The number of nitrogens with zero attached hydrogens (tertiary/aromatic N) is 2. The summed E-state index contributed by atoms with van der Waals surface area (Å²) in [4.78, 5) is 30.0. The second-order valence-electron chi connectivity index (χ2n) is 4.17. The van der Waals surface area contributed by atoms with Gasteiger partial charge < -0.3 is 10.4 Å². The standard InChI is InChI=1S/C14H13N3O3/c18-13(7-10-3-5-15-6-4-10)17-9-11-1-2-12(14(19)20)16-8-11/h1-6,8H,7,9H2,(H,17,18)(H,19,20). The van der Waals surface area contributed by atoms with Gasteiger partial charge in [0, 0.05) is 25.1 Å². The number of nitrogens with one attached hydrogen (secondary N) is 1. The van der Waals surface area contributed by atoms with Gasteiger partial charge in [0.1, 0.15) is 5.69 Å². The van der Waals surface area contributed by atoms with E-state index in [1.807, 2.05) is 0 Å². The molecule has 2 N–H and O–H groups in total. The smallest absolute Gasteiger partial charge is 0.354 e. The molecule has 2 rings (SSSR count). The van der Waals surface area contributed by atoms with E-state index in [4.69, 9.17) is 5.11 Å². The predicted octanol–water partition coefficient (Wildman–Crippen LogP) is 1.03. The van der Waals surface area contributed by atoms with E-state index in [0.29, 0.717) is 6.54 Å². The van der Waals surface area contributed by atoms with Crippen LogP contribution in [0.3, 0.4) is 0 Å². The molecule has 2 aromatic heterocycles. The summed E-state index contributed by atoms with van der Waals surface area (Å²) in [5.41, 5.74) is 1.62. The van der Waals surface area contributed by atoms with Gasteiger partial charge in [0.25, 0.3) is 0 Å². The summed E-state index contributed by atoms with van der Waals surface area (Å²) in [6, 6.07) is 6.60. The molecule has 0 fully saturated rings. The van der Waals surface area contributed by atoms with Crippen LogP contribution in [-0.4, -0.2) is 27.0 Å². The Labute approximate surface area is 115 Å². The summed E-state index contributed by atoms with van der Waals surface area (Å²) in [5.74, 6) is -1.18. The first-order valence-corrected chi connectivity index (χ1v) is 5.99. The molecule has 20 heavy (non-hydrogen) atoms. The second kappa shape index (κ2) is 6.42. The molecule has 6 heteroatoms. The first kappa shape index (κ1) is 13.7. The molecule has 102 valence electrons. The number of pyridine rings is 2. The fourth-order valence-electron chi connectivity index (χ4n) is 1.60. The van der Waals surface area contributed by atoms with Gasteiger partial charge in [-0.3, -0.25) is 9.78 Å². The zero-order valence-electron chi connectivity index (χ0n) is 10.6. The minimum Gasteiger partial charge on any atom is -0.477 e. The van der Waals surface area contributed by atoms with Crippen LogP contribution >= 0.6 is 0 Å². The lowest BCUT2D eigenvalue weighted by Crippen LogP contribution is -2.24. The van der Waals surface area contributed by atoms with E-state index >= 15 is 0 Å². The second-order valence-corrected chi connectivity index (χ2v) is 4.17. The van der Waals surface area contributed by atoms with Crippen molar-refractivity contribution in [3.8, 4) is 0 Å². The third-order valence-electron chi connectivity index (χ3n) is 2.65. The Bertz CT molecular complexity index is 597. The summed E-state index contributed by atoms with van der Waals surface area (Å²) in [5, 5.41) is 11.5. The quantitative estimate of drug-likeness (QED) is 0.847. The number of aromatic carboxylic acids is 1. The molecule has 0 radical (unpaired) electrons. The van der Waals surface area contributed by atoms with Gasteiger partial charge in [-0.15, -0.1) is 0 Å². The Balaban J connectivity index is 1.85. The van der Waals surface area contributed by atoms with Crippen LogP contribution in [0.4, 0.5) is 0 Å². The average Bonchev–Trinajstić information content (AvgIpc) is 2.46. The number of amides is 1. The van der Waals surface area contributed by atoms with Gasteiger partial charge in [0.05, 0.1) is 6.42 Å².